The maximum Gasteiger partial charge on any atom is 0.187 e. The van der Waals surface area contributed by atoms with Crippen LogP contribution in [-0.4, -0.2) is 175 Å². The molecule has 26 atom stereocenters. The molecule has 63 heavy (non-hydrogen) atoms. The molecule has 3 saturated carbocycles. The van der Waals surface area contributed by atoms with E-state index < -0.39 is 129 Å². The third-order valence-corrected chi connectivity index (χ3v) is 16.9. The number of fused-ring (bicyclic) bond motifs is 5. The molecule has 9 N–H and O–H groups in total. The number of hydrogen-bond acceptors (Lipinski definition) is 18. The number of allylic oxidation sites excluding steroid dienone is 1. The Kier molecular flexibility index (Phi) is 13.8. The van der Waals surface area contributed by atoms with Crippen molar-refractivity contribution in [2.75, 3.05) is 6.61 Å². The Morgan fingerprint density at radius 1 is 0.746 bits per heavy atom. The zero-order valence-corrected chi connectivity index (χ0v) is 37.0. The molecule has 0 bridgehead atoms. The third kappa shape index (κ3) is 8.33. The van der Waals surface area contributed by atoms with Gasteiger partial charge in [-0.1, -0.05) is 39.3 Å². The van der Waals surface area contributed by atoms with Crippen LogP contribution in [0.3, 0.4) is 0 Å². The second-order valence-corrected chi connectivity index (χ2v) is 20.7. The lowest BCUT2D eigenvalue weighted by Gasteiger charge is -2.58. The Morgan fingerprint density at radius 3 is 1.95 bits per heavy atom. The topological polar surface area (TPSA) is 281 Å². The summed E-state index contributed by atoms with van der Waals surface area (Å²) in [6.07, 6.45) is -16.8. The second kappa shape index (κ2) is 18.2. The number of ketones is 2. The van der Waals surface area contributed by atoms with Crippen LogP contribution in [-0.2, 0) is 42.7 Å². The van der Waals surface area contributed by atoms with E-state index in [9.17, 15) is 55.5 Å². The molecule has 8 aliphatic rings. The summed E-state index contributed by atoms with van der Waals surface area (Å²) in [5.41, 5.74) is 0.664. The van der Waals surface area contributed by atoms with Crippen molar-refractivity contribution >= 4 is 11.6 Å². The van der Waals surface area contributed by atoms with Crippen LogP contribution in [0.2, 0.25) is 0 Å². The maximum absolute atomic E-state index is 13.9. The van der Waals surface area contributed by atoms with Gasteiger partial charge in [-0.2, -0.15) is 0 Å². The third-order valence-electron chi connectivity index (χ3n) is 16.9. The van der Waals surface area contributed by atoms with Gasteiger partial charge in [-0.05, 0) is 87.4 Å². The van der Waals surface area contributed by atoms with Crippen molar-refractivity contribution in [3.05, 3.63) is 11.6 Å². The molecular weight excluding hydrogens is 828 g/mol. The minimum atomic E-state index is -1.75. The van der Waals surface area contributed by atoms with Crippen LogP contribution in [0, 0.1) is 46.3 Å². The first-order valence-corrected chi connectivity index (χ1v) is 23.1. The van der Waals surface area contributed by atoms with E-state index in [0.717, 1.165) is 25.7 Å². The molecule has 0 spiro atoms. The summed E-state index contributed by atoms with van der Waals surface area (Å²) in [5, 5.41) is 95.9. The highest BCUT2D eigenvalue weighted by molar-refractivity contribution is 5.94. The highest BCUT2D eigenvalue weighted by Gasteiger charge is 2.63. The van der Waals surface area contributed by atoms with Crippen LogP contribution in [0.15, 0.2) is 11.6 Å². The predicted molar refractivity (Wildman–Crippen MR) is 215 cm³/mol. The van der Waals surface area contributed by atoms with Crippen molar-refractivity contribution in [3.63, 3.8) is 0 Å². The molecule has 18 heteroatoms. The fraction of sp³-hybridized carbons (Fsp3) is 0.911. The smallest absolute Gasteiger partial charge is 0.187 e. The van der Waals surface area contributed by atoms with Gasteiger partial charge in [0.2, 0.25) is 0 Å². The molecule has 0 aromatic heterocycles. The van der Waals surface area contributed by atoms with E-state index in [1.54, 1.807) is 0 Å². The van der Waals surface area contributed by atoms with Crippen molar-refractivity contribution < 1.29 is 88.7 Å². The van der Waals surface area contributed by atoms with Gasteiger partial charge in [-0.25, -0.2) is 0 Å². The SMILES string of the molecule is CC1CC(C(=O)C(C)C2C(=O)CC3C4CC=C5CC(OC6OC(CO)C(OC7OC(C)C(O)C(O)C7O)C(O)C6OC6OC(C)C(O)C(O)C6O)CCC5(C)C4CCC32C)OC1O. The van der Waals surface area contributed by atoms with Gasteiger partial charge in [-0.15, -0.1) is 0 Å². The largest absolute Gasteiger partial charge is 0.394 e. The first kappa shape index (κ1) is 47.9. The van der Waals surface area contributed by atoms with Crippen LogP contribution >= 0.6 is 0 Å². The molecule has 4 aliphatic heterocycles. The first-order valence-electron chi connectivity index (χ1n) is 23.1. The average Bonchev–Trinajstić information content (AvgIpc) is 3.74. The minimum Gasteiger partial charge on any atom is -0.394 e. The first-order chi connectivity index (χ1) is 29.7. The number of Topliss-reactive ketones (excluding diaryl/α,β-unsaturated/α-hetero) is 2. The average molecular weight is 899 g/mol. The van der Waals surface area contributed by atoms with Crippen LogP contribution in [0.4, 0.5) is 0 Å². The number of aliphatic hydroxyl groups is 9. The summed E-state index contributed by atoms with van der Waals surface area (Å²) >= 11 is 0. The Hall–Kier alpha value is -1.56. The Bertz CT molecular complexity index is 1690. The summed E-state index contributed by atoms with van der Waals surface area (Å²) in [6, 6.07) is 0. The van der Waals surface area contributed by atoms with E-state index >= 15 is 0 Å². The summed E-state index contributed by atoms with van der Waals surface area (Å²) in [7, 11) is 0. The molecule has 4 saturated heterocycles. The van der Waals surface area contributed by atoms with Gasteiger partial charge in [0.25, 0.3) is 0 Å². The normalized spacial score (nSPS) is 54.2. The van der Waals surface area contributed by atoms with Gasteiger partial charge < -0.3 is 79.1 Å². The molecule has 26 unspecified atom stereocenters. The van der Waals surface area contributed by atoms with E-state index in [-0.39, 0.29) is 46.1 Å². The Balaban J connectivity index is 0.988. The van der Waals surface area contributed by atoms with Gasteiger partial charge in [0.1, 0.15) is 72.9 Å². The molecule has 8 rings (SSSR count). The number of hydrogen-bond donors (Lipinski definition) is 9. The molecule has 0 amide bonds. The molecule has 0 aromatic carbocycles. The van der Waals surface area contributed by atoms with E-state index in [4.69, 9.17) is 33.2 Å². The standard InChI is InChI=1S/C45H70O18/c1-17-13-27(60-40(17)56)30(48)18(2)29-26(47)15-25-23-8-7-21-14-22(9-11-44(21,5)24(23)10-12-45(25,29)6)59-43-39(63-42-36(54)34(52)32(50)20(4)58-42)37(55)38(28(16-46)61-43)62-41-35(53)33(51)31(49)19(3)57-41/h7,17-20,22-25,27-29,31-43,46,49-56H,8-16H2,1-6H3. The van der Waals surface area contributed by atoms with Gasteiger partial charge >= 0.3 is 0 Å². The van der Waals surface area contributed by atoms with Crippen molar-refractivity contribution in [3.8, 4) is 0 Å². The summed E-state index contributed by atoms with van der Waals surface area (Å²) in [6.45, 7) is 10.4. The van der Waals surface area contributed by atoms with E-state index in [1.807, 2.05) is 13.8 Å². The number of aliphatic hydroxyl groups excluding tert-OH is 9. The summed E-state index contributed by atoms with van der Waals surface area (Å²) < 4.78 is 42.0. The summed E-state index contributed by atoms with van der Waals surface area (Å²) in [5.74, 6) is -0.412. The fourth-order valence-corrected chi connectivity index (χ4v) is 13.1. The van der Waals surface area contributed by atoms with Crippen molar-refractivity contribution in [1.82, 2.24) is 0 Å². The molecule has 358 valence electrons. The van der Waals surface area contributed by atoms with Crippen molar-refractivity contribution in [1.29, 1.82) is 0 Å². The number of carbonyl (C=O) groups excluding carboxylic acids is 2. The molecule has 18 nitrogen and oxygen atoms in total. The molecule has 0 aromatic rings. The Labute approximate surface area is 367 Å². The molecular formula is C45H70O18. The molecule has 4 heterocycles. The van der Waals surface area contributed by atoms with Gasteiger partial charge in [0.05, 0.1) is 24.9 Å². The maximum atomic E-state index is 13.9. The zero-order chi connectivity index (χ0) is 45.6. The molecule has 0 radical (unpaired) electrons. The fourth-order valence-electron chi connectivity index (χ4n) is 13.1. The van der Waals surface area contributed by atoms with Crippen LogP contribution in [0.25, 0.3) is 0 Å². The lowest BCUT2D eigenvalue weighted by atomic mass is 9.47. The van der Waals surface area contributed by atoms with Crippen molar-refractivity contribution in [2.45, 2.75) is 204 Å². The van der Waals surface area contributed by atoms with Crippen LogP contribution in [0.1, 0.15) is 92.9 Å². The quantitative estimate of drug-likeness (QED) is 0.126. The monoisotopic (exact) mass is 898 g/mol. The van der Waals surface area contributed by atoms with E-state index in [1.165, 1.54) is 19.4 Å². The molecule has 4 aliphatic carbocycles. The summed E-state index contributed by atoms with van der Waals surface area (Å²) in [4.78, 5) is 27.7. The van der Waals surface area contributed by atoms with Crippen LogP contribution < -0.4 is 0 Å². The highest BCUT2D eigenvalue weighted by Crippen LogP contribution is 2.66. The van der Waals surface area contributed by atoms with Gasteiger partial charge in [-0.3, -0.25) is 9.59 Å². The van der Waals surface area contributed by atoms with Gasteiger partial charge in [0, 0.05) is 24.2 Å². The highest BCUT2D eigenvalue weighted by atomic mass is 16.8. The van der Waals surface area contributed by atoms with Crippen LogP contribution in [0.5, 0.6) is 0 Å². The second-order valence-electron chi connectivity index (χ2n) is 20.7. The van der Waals surface area contributed by atoms with Crippen molar-refractivity contribution in [2.24, 2.45) is 46.3 Å². The Morgan fingerprint density at radius 2 is 1.37 bits per heavy atom. The van der Waals surface area contributed by atoms with E-state index in [2.05, 4.69) is 19.9 Å². The number of ether oxygens (including phenoxy) is 7. The lowest BCUT2D eigenvalue weighted by molar-refractivity contribution is -0.388. The molecule has 7 fully saturated rings. The number of carbonyl (C=O) groups is 2. The van der Waals surface area contributed by atoms with Gasteiger partial charge in [0.15, 0.2) is 30.9 Å². The number of rotatable bonds is 10. The zero-order valence-electron chi connectivity index (χ0n) is 37.0. The van der Waals surface area contributed by atoms with E-state index in [0.29, 0.717) is 25.7 Å². The lowest BCUT2D eigenvalue weighted by Crippen LogP contribution is -2.66. The minimum absolute atomic E-state index is 0.104. The predicted octanol–water partition coefficient (Wildman–Crippen LogP) is -0.418.